The van der Waals surface area contributed by atoms with Crippen LogP contribution >= 0.6 is 0 Å². The van der Waals surface area contributed by atoms with Crippen LogP contribution in [0.5, 0.6) is 5.75 Å². The van der Waals surface area contributed by atoms with Gasteiger partial charge in [-0.1, -0.05) is 37.3 Å². The van der Waals surface area contributed by atoms with E-state index in [4.69, 9.17) is 4.74 Å². The SMILES string of the molecule is CCNCC(O)(COc1ccccc1C#N)N(NC(=O)c1ccccc1)C(C)=O. The van der Waals surface area contributed by atoms with Gasteiger partial charge in [0.2, 0.25) is 11.6 Å². The molecule has 1 atom stereocenters. The predicted octanol–water partition coefficient (Wildman–Crippen LogP) is 1.43. The van der Waals surface area contributed by atoms with Gasteiger partial charge in [0.05, 0.1) is 5.56 Å². The number of aliphatic hydroxyl groups is 1. The van der Waals surface area contributed by atoms with Gasteiger partial charge in [0.25, 0.3) is 5.91 Å². The lowest BCUT2D eigenvalue weighted by molar-refractivity contribution is -0.173. The summed E-state index contributed by atoms with van der Waals surface area (Å²) in [7, 11) is 0. The van der Waals surface area contributed by atoms with E-state index in [0.717, 1.165) is 5.01 Å². The molecule has 0 aliphatic heterocycles. The number of rotatable bonds is 8. The van der Waals surface area contributed by atoms with E-state index >= 15 is 0 Å². The van der Waals surface area contributed by atoms with E-state index in [9.17, 15) is 20.0 Å². The molecule has 0 saturated carbocycles. The summed E-state index contributed by atoms with van der Waals surface area (Å²) in [5.74, 6) is -0.859. The first-order valence-electron chi connectivity index (χ1n) is 9.13. The standard InChI is InChI=1S/C21H24N4O4/c1-3-23-14-21(28,15-29-19-12-8-7-11-18(19)13-22)25(16(2)26)24-20(27)17-9-5-4-6-10-17/h4-12,23,28H,3,14-15H2,1-2H3,(H,24,27). The van der Waals surface area contributed by atoms with Crippen molar-refractivity contribution in [1.29, 1.82) is 5.26 Å². The number of hydrogen-bond acceptors (Lipinski definition) is 6. The number of para-hydroxylation sites is 1. The summed E-state index contributed by atoms with van der Waals surface area (Å²) in [6, 6.07) is 16.9. The molecular formula is C21H24N4O4. The van der Waals surface area contributed by atoms with Crippen molar-refractivity contribution in [3.05, 3.63) is 65.7 Å². The number of carbonyl (C=O) groups excluding carboxylic acids is 2. The van der Waals surface area contributed by atoms with E-state index in [-0.39, 0.29) is 18.9 Å². The third kappa shape index (κ3) is 5.78. The van der Waals surface area contributed by atoms with Crippen molar-refractivity contribution in [2.24, 2.45) is 0 Å². The van der Waals surface area contributed by atoms with Crippen LogP contribution in [0, 0.1) is 11.3 Å². The predicted molar refractivity (Wildman–Crippen MR) is 107 cm³/mol. The van der Waals surface area contributed by atoms with Crippen LogP contribution in [0.15, 0.2) is 54.6 Å². The summed E-state index contributed by atoms with van der Waals surface area (Å²) < 4.78 is 5.65. The molecule has 8 heteroatoms. The Balaban J connectivity index is 2.26. The zero-order valence-corrected chi connectivity index (χ0v) is 16.4. The highest BCUT2D eigenvalue weighted by Crippen LogP contribution is 2.20. The van der Waals surface area contributed by atoms with Gasteiger partial charge in [-0.2, -0.15) is 5.26 Å². The van der Waals surface area contributed by atoms with Crippen LogP contribution in [0.2, 0.25) is 0 Å². The molecule has 2 aromatic carbocycles. The zero-order chi connectivity index (χ0) is 21.3. The Hall–Kier alpha value is -3.41. The molecule has 0 aliphatic rings. The second kappa shape index (κ2) is 10.2. The Morgan fingerprint density at radius 2 is 1.83 bits per heavy atom. The number of hydrogen-bond donors (Lipinski definition) is 3. The summed E-state index contributed by atoms with van der Waals surface area (Å²) in [5.41, 5.74) is 1.19. The van der Waals surface area contributed by atoms with E-state index in [0.29, 0.717) is 17.7 Å². The minimum Gasteiger partial charge on any atom is -0.487 e. The number of benzene rings is 2. The Morgan fingerprint density at radius 3 is 2.45 bits per heavy atom. The Labute approximate surface area is 169 Å². The van der Waals surface area contributed by atoms with Crippen LogP contribution in [0.4, 0.5) is 0 Å². The largest absolute Gasteiger partial charge is 0.487 e. The summed E-state index contributed by atoms with van der Waals surface area (Å²) in [4.78, 5) is 24.8. The molecule has 2 aromatic rings. The van der Waals surface area contributed by atoms with Gasteiger partial charge in [0.1, 0.15) is 18.4 Å². The molecule has 3 N–H and O–H groups in total. The smallest absolute Gasteiger partial charge is 0.269 e. The molecule has 2 amide bonds. The van der Waals surface area contributed by atoms with Crippen molar-refractivity contribution < 1.29 is 19.4 Å². The molecule has 0 aliphatic carbocycles. The van der Waals surface area contributed by atoms with Crippen molar-refractivity contribution in [2.45, 2.75) is 19.6 Å². The summed E-state index contributed by atoms with van der Waals surface area (Å²) in [5, 5.41) is 24.2. The Kier molecular flexibility index (Phi) is 7.71. The number of nitrogens with zero attached hydrogens (tertiary/aromatic N) is 2. The van der Waals surface area contributed by atoms with Crippen molar-refractivity contribution in [3.8, 4) is 11.8 Å². The molecule has 1 unspecified atom stereocenters. The first kappa shape index (κ1) is 21.9. The van der Waals surface area contributed by atoms with Crippen LogP contribution in [-0.2, 0) is 4.79 Å². The highest BCUT2D eigenvalue weighted by molar-refractivity contribution is 5.95. The lowest BCUT2D eigenvalue weighted by Gasteiger charge is -2.38. The highest BCUT2D eigenvalue weighted by atomic mass is 16.5. The number of hydrazine groups is 1. The molecule has 0 radical (unpaired) electrons. The molecule has 0 saturated heterocycles. The van der Waals surface area contributed by atoms with Crippen molar-refractivity contribution in [3.63, 3.8) is 0 Å². The van der Waals surface area contributed by atoms with Gasteiger partial charge in [0, 0.05) is 19.0 Å². The molecule has 29 heavy (non-hydrogen) atoms. The summed E-state index contributed by atoms with van der Waals surface area (Å²) >= 11 is 0. The number of nitrogens with one attached hydrogen (secondary N) is 2. The quantitative estimate of drug-likeness (QED) is 0.459. The van der Waals surface area contributed by atoms with E-state index in [1.54, 1.807) is 54.6 Å². The van der Waals surface area contributed by atoms with Crippen LogP contribution in [0.3, 0.4) is 0 Å². The lowest BCUT2D eigenvalue weighted by atomic mass is 10.2. The molecule has 2 rings (SSSR count). The van der Waals surface area contributed by atoms with Crippen molar-refractivity contribution in [2.75, 3.05) is 19.7 Å². The molecular weight excluding hydrogens is 372 g/mol. The fourth-order valence-electron chi connectivity index (χ4n) is 2.63. The van der Waals surface area contributed by atoms with Gasteiger partial charge < -0.3 is 15.2 Å². The second-order valence-electron chi connectivity index (χ2n) is 6.32. The number of carbonyl (C=O) groups is 2. The van der Waals surface area contributed by atoms with Crippen LogP contribution in [0.25, 0.3) is 0 Å². The average molecular weight is 396 g/mol. The molecule has 0 fully saturated rings. The number of nitriles is 1. The van der Waals surface area contributed by atoms with E-state index < -0.39 is 17.5 Å². The van der Waals surface area contributed by atoms with Crippen LogP contribution < -0.4 is 15.5 Å². The lowest BCUT2D eigenvalue weighted by Crippen LogP contribution is -2.65. The molecule has 0 heterocycles. The monoisotopic (exact) mass is 396 g/mol. The third-order valence-electron chi connectivity index (χ3n) is 4.10. The average Bonchev–Trinajstić information content (AvgIpc) is 2.75. The maximum Gasteiger partial charge on any atom is 0.269 e. The molecule has 8 nitrogen and oxygen atoms in total. The fourth-order valence-corrected chi connectivity index (χ4v) is 2.63. The normalized spacial score (nSPS) is 12.3. The van der Waals surface area contributed by atoms with E-state index in [2.05, 4.69) is 10.7 Å². The first-order chi connectivity index (χ1) is 13.9. The van der Waals surface area contributed by atoms with Gasteiger partial charge in [-0.25, -0.2) is 5.01 Å². The minimum atomic E-state index is -1.89. The maximum absolute atomic E-state index is 12.5. The fraction of sp³-hybridized carbons (Fsp3) is 0.286. The Morgan fingerprint density at radius 1 is 1.17 bits per heavy atom. The minimum absolute atomic E-state index is 0.0626. The molecule has 0 bridgehead atoms. The van der Waals surface area contributed by atoms with Crippen molar-refractivity contribution in [1.82, 2.24) is 15.8 Å². The summed E-state index contributed by atoms with van der Waals surface area (Å²) in [6.45, 7) is 3.16. The number of amides is 2. The van der Waals surface area contributed by atoms with Gasteiger partial charge in [-0.15, -0.1) is 0 Å². The number of likely N-dealkylation sites (N-methyl/N-ethyl adjacent to an activating group) is 1. The molecule has 0 spiro atoms. The van der Waals surface area contributed by atoms with Crippen molar-refractivity contribution >= 4 is 11.8 Å². The molecule has 0 aromatic heterocycles. The van der Waals surface area contributed by atoms with Gasteiger partial charge in [-0.3, -0.25) is 15.0 Å². The van der Waals surface area contributed by atoms with Crippen LogP contribution in [-0.4, -0.2) is 47.4 Å². The maximum atomic E-state index is 12.5. The third-order valence-corrected chi connectivity index (χ3v) is 4.10. The van der Waals surface area contributed by atoms with Gasteiger partial charge in [-0.05, 0) is 30.8 Å². The topological polar surface area (TPSA) is 115 Å². The number of ether oxygens (including phenoxy) is 1. The van der Waals surface area contributed by atoms with E-state index in [1.807, 2.05) is 13.0 Å². The van der Waals surface area contributed by atoms with Crippen LogP contribution in [0.1, 0.15) is 29.8 Å². The van der Waals surface area contributed by atoms with Gasteiger partial charge >= 0.3 is 0 Å². The zero-order valence-electron chi connectivity index (χ0n) is 16.4. The second-order valence-corrected chi connectivity index (χ2v) is 6.32. The first-order valence-corrected chi connectivity index (χ1v) is 9.13. The molecule has 152 valence electrons. The van der Waals surface area contributed by atoms with E-state index in [1.165, 1.54) is 6.92 Å². The summed E-state index contributed by atoms with van der Waals surface area (Å²) in [6.07, 6.45) is 0. The highest BCUT2D eigenvalue weighted by Gasteiger charge is 2.39. The Bertz CT molecular complexity index is 882. The van der Waals surface area contributed by atoms with Gasteiger partial charge in [0.15, 0.2) is 0 Å².